The van der Waals surface area contributed by atoms with Crippen LogP contribution in [0.2, 0.25) is 0 Å². The van der Waals surface area contributed by atoms with Crippen molar-refractivity contribution >= 4 is 17.1 Å². The molecule has 0 unspecified atom stereocenters. The summed E-state index contributed by atoms with van der Waals surface area (Å²) >= 11 is 0. The Kier molecular flexibility index (Phi) is 6.33. The number of hydrogen-bond donors (Lipinski definition) is 0. The third-order valence-corrected chi connectivity index (χ3v) is 13.3. The fourth-order valence-electron chi connectivity index (χ4n) is 11.3. The molecule has 0 bridgehead atoms. The van der Waals surface area contributed by atoms with Gasteiger partial charge in [-0.15, -0.1) is 0 Å². The lowest BCUT2D eigenvalue weighted by atomic mass is 9.66. The third kappa shape index (κ3) is 3.82. The van der Waals surface area contributed by atoms with Gasteiger partial charge in [0.25, 0.3) is 0 Å². The first-order valence-corrected chi connectivity index (χ1v) is 20.2. The topological polar surface area (TPSA) is 12.5 Å². The second kappa shape index (κ2) is 11.6. The van der Waals surface area contributed by atoms with Crippen molar-refractivity contribution in [3.63, 3.8) is 0 Å². The average molecular weight is 738 g/mol. The number of rotatable bonds is 3. The maximum absolute atomic E-state index is 6.67. The van der Waals surface area contributed by atoms with Crippen molar-refractivity contribution in [3.05, 3.63) is 257 Å². The molecule has 9 aromatic carbocycles. The van der Waals surface area contributed by atoms with Gasteiger partial charge in [0, 0.05) is 28.1 Å². The van der Waals surface area contributed by atoms with Gasteiger partial charge in [0.15, 0.2) is 0 Å². The van der Waals surface area contributed by atoms with Gasteiger partial charge >= 0.3 is 0 Å². The minimum atomic E-state index is -0.559. The Morgan fingerprint density at radius 3 is 1.31 bits per heavy atom. The number of anilines is 3. The molecule has 2 nitrogen and oxygen atoms in total. The van der Waals surface area contributed by atoms with E-state index in [1.54, 1.807) is 0 Å². The van der Waals surface area contributed by atoms with Crippen LogP contribution in [0.5, 0.6) is 11.5 Å². The van der Waals surface area contributed by atoms with E-state index in [1.807, 2.05) is 0 Å². The summed E-state index contributed by atoms with van der Waals surface area (Å²) in [5, 5.41) is 0. The van der Waals surface area contributed by atoms with E-state index >= 15 is 0 Å². The highest BCUT2D eigenvalue weighted by molar-refractivity contribution is 6.00. The van der Waals surface area contributed by atoms with Gasteiger partial charge in [-0.1, -0.05) is 170 Å². The SMILES string of the molecule is c1ccc(N(c2ccc3c(c2)C2(c4ccccc4-c4ccccc42)c2ccccc2-3)c2cccc3c2-c2ccccc2C32c3ccccc3Oc3ccccc32)cc1. The van der Waals surface area contributed by atoms with Gasteiger partial charge in [-0.05, 0) is 104 Å². The first kappa shape index (κ1) is 31.7. The molecule has 9 aromatic rings. The maximum Gasteiger partial charge on any atom is 0.132 e. The number of nitrogens with zero attached hydrogens (tertiary/aromatic N) is 1. The molecule has 0 atom stereocenters. The fourth-order valence-corrected chi connectivity index (χ4v) is 11.3. The second-order valence-electron chi connectivity index (χ2n) is 15.9. The quantitative estimate of drug-likeness (QED) is 0.179. The second-order valence-corrected chi connectivity index (χ2v) is 15.9. The molecule has 0 saturated carbocycles. The van der Waals surface area contributed by atoms with Crippen LogP contribution in [-0.2, 0) is 10.8 Å². The van der Waals surface area contributed by atoms with E-state index in [-0.39, 0.29) is 0 Å². The van der Waals surface area contributed by atoms with Crippen LogP contribution in [0.25, 0.3) is 33.4 Å². The van der Waals surface area contributed by atoms with Crippen molar-refractivity contribution in [2.24, 2.45) is 0 Å². The number of para-hydroxylation sites is 3. The van der Waals surface area contributed by atoms with Gasteiger partial charge in [-0.2, -0.15) is 0 Å². The Balaban J connectivity index is 1.11. The molecular weight excluding hydrogens is 703 g/mol. The first-order chi connectivity index (χ1) is 28.8. The Labute approximate surface area is 337 Å². The predicted octanol–water partition coefficient (Wildman–Crippen LogP) is 14.0. The lowest BCUT2D eigenvalue weighted by Crippen LogP contribution is -2.32. The van der Waals surface area contributed by atoms with Crippen LogP contribution in [-0.4, -0.2) is 0 Å². The molecule has 0 radical (unpaired) electrons. The molecule has 1 heterocycles. The van der Waals surface area contributed by atoms with Crippen molar-refractivity contribution in [2.45, 2.75) is 10.8 Å². The normalized spacial score (nSPS) is 14.6. The summed E-state index contributed by atoms with van der Waals surface area (Å²) in [5.74, 6) is 1.80. The van der Waals surface area contributed by atoms with Crippen molar-refractivity contribution in [1.29, 1.82) is 0 Å². The molecule has 13 rings (SSSR count). The highest BCUT2D eigenvalue weighted by Gasteiger charge is 2.53. The monoisotopic (exact) mass is 737 g/mol. The Morgan fingerprint density at radius 2 is 0.724 bits per heavy atom. The number of hydrogen-bond acceptors (Lipinski definition) is 2. The van der Waals surface area contributed by atoms with E-state index in [0.29, 0.717) is 0 Å². The van der Waals surface area contributed by atoms with Crippen molar-refractivity contribution in [2.75, 3.05) is 4.90 Å². The summed E-state index contributed by atoms with van der Waals surface area (Å²) in [4.78, 5) is 2.50. The highest BCUT2D eigenvalue weighted by atomic mass is 16.5. The third-order valence-electron chi connectivity index (χ3n) is 13.3. The minimum Gasteiger partial charge on any atom is -0.457 e. The van der Waals surface area contributed by atoms with Gasteiger partial charge in [-0.3, -0.25) is 0 Å². The number of fused-ring (bicyclic) bond motifs is 19. The van der Waals surface area contributed by atoms with Crippen LogP contribution in [0, 0.1) is 0 Å². The van der Waals surface area contributed by atoms with Crippen LogP contribution in [0.1, 0.15) is 44.5 Å². The molecule has 58 heavy (non-hydrogen) atoms. The Morgan fingerprint density at radius 1 is 0.293 bits per heavy atom. The van der Waals surface area contributed by atoms with E-state index in [2.05, 4.69) is 217 Å². The minimum absolute atomic E-state index is 0.442. The molecule has 2 heteroatoms. The van der Waals surface area contributed by atoms with Crippen molar-refractivity contribution in [3.8, 4) is 44.9 Å². The Hall–Kier alpha value is -7.42. The summed E-state index contributed by atoms with van der Waals surface area (Å²) in [5.41, 5.74) is 20.3. The molecular formula is C56H35NO. The van der Waals surface area contributed by atoms with Gasteiger partial charge in [-0.25, -0.2) is 0 Å². The van der Waals surface area contributed by atoms with E-state index in [1.165, 1.54) is 77.9 Å². The summed E-state index contributed by atoms with van der Waals surface area (Å²) in [6.07, 6.45) is 0. The smallest absolute Gasteiger partial charge is 0.132 e. The molecule has 2 spiro atoms. The van der Waals surface area contributed by atoms with E-state index in [0.717, 1.165) is 28.6 Å². The molecule has 0 fully saturated rings. The van der Waals surface area contributed by atoms with Crippen molar-refractivity contribution < 1.29 is 4.74 Å². The molecule has 0 saturated heterocycles. The lowest BCUT2D eigenvalue weighted by Gasteiger charge is -2.39. The molecule has 1 aliphatic heterocycles. The summed E-state index contributed by atoms with van der Waals surface area (Å²) in [7, 11) is 0. The number of ether oxygens (including phenoxy) is 1. The van der Waals surface area contributed by atoms with Crippen LogP contribution >= 0.6 is 0 Å². The molecule has 270 valence electrons. The molecule has 0 aromatic heterocycles. The fraction of sp³-hybridized carbons (Fsp3) is 0.0357. The molecule has 3 aliphatic carbocycles. The van der Waals surface area contributed by atoms with Gasteiger partial charge in [0.1, 0.15) is 11.5 Å². The zero-order valence-corrected chi connectivity index (χ0v) is 31.6. The lowest BCUT2D eigenvalue weighted by molar-refractivity contribution is 0.436. The standard InChI is InChI=1S/C56H35NO/c1-2-17-36(18-3-1)57(37-33-34-41-40-21-6-10-25-45(40)55(50(41)35-37)43-23-8-4-19-38(43)39-20-5-9-24-44(39)55)51-30-16-29-49-54(51)42-22-7-11-26-46(42)56(49)47-27-12-14-31-52(47)58-53-32-15-13-28-48(53)56/h1-35H. The van der Waals surface area contributed by atoms with Gasteiger partial charge in [0.05, 0.1) is 16.5 Å². The van der Waals surface area contributed by atoms with E-state index in [9.17, 15) is 0 Å². The van der Waals surface area contributed by atoms with Crippen LogP contribution in [0.15, 0.2) is 212 Å². The average Bonchev–Trinajstić information content (AvgIpc) is 3.88. The van der Waals surface area contributed by atoms with E-state index < -0.39 is 10.8 Å². The number of benzene rings is 9. The van der Waals surface area contributed by atoms with Crippen LogP contribution in [0.4, 0.5) is 17.1 Å². The zero-order valence-electron chi connectivity index (χ0n) is 31.6. The highest BCUT2D eigenvalue weighted by Crippen LogP contribution is 2.66. The summed E-state index contributed by atoms with van der Waals surface area (Å²) in [6.45, 7) is 0. The predicted molar refractivity (Wildman–Crippen MR) is 235 cm³/mol. The van der Waals surface area contributed by atoms with Gasteiger partial charge in [0.2, 0.25) is 0 Å². The maximum atomic E-state index is 6.67. The molecule has 0 N–H and O–H groups in total. The van der Waals surface area contributed by atoms with Crippen molar-refractivity contribution in [1.82, 2.24) is 0 Å². The zero-order chi connectivity index (χ0) is 38.0. The van der Waals surface area contributed by atoms with Gasteiger partial charge < -0.3 is 9.64 Å². The Bertz CT molecular complexity index is 3070. The molecule has 4 aliphatic rings. The van der Waals surface area contributed by atoms with E-state index in [4.69, 9.17) is 4.74 Å². The summed E-state index contributed by atoms with van der Waals surface area (Å²) in [6, 6.07) is 78.4. The molecule has 0 amide bonds. The largest absolute Gasteiger partial charge is 0.457 e. The first-order valence-electron chi connectivity index (χ1n) is 20.2. The summed E-state index contributed by atoms with van der Waals surface area (Å²) < 4.78 is 6.67. The van der Waals surface area contributed by atoms with Crippen LogP contribution in [0.3, 0.4) is 0 Å². The van der Waals surface area contributed by atoms with Crippen LogP contribution < -0.4 is 9.64 Å².